The highest BCUT2D eigenvalue weighted by Crippen LogP contribution is 2.16. The fraction of sp³-hybridized carbons (Fsp3) is 0.214. The second kappa shape index (κ2) is 6.60. The van der Waals surface area contributed by atoms with E-state index in [0.29, 0.717) is 24.7 Å². The van der Waals surface area contributed by atoms with Gasteiger partial charge in [-0.1, -0.05) is 0 Å². The van der Waals surface area contributed by atoms with Gasteiger partial charge in [-0.2, -0.15) is 0 Å². The van der Waals surface area contributed by atoms with Gasteiger partial charge in [0, 0.05) is 10.1 Å². The molecule has 1 aromatic heterocycles. The third-order valence-electron chi connectivity index (χ3n) is 2.42. The van der Waals surface area contributed by atoms with E-state index in [2.05, 4.69) is 27.9 Å². The maximum absolute atomic E-state index is 11.5. The Balaban J connectivity index is 1.93. The minimum Gasteiger partial charge on any atom is -0.486 e. The smallest absolute Gasteiger partial charge is 0.286 e. The molecule has 1 aromatic carbocycles. The van der Waals surface area contributed by atoms with Crippen molar-refractivity contribution in [2.24, 2.45) is 0 Å². The predicted octanol–water partition coefficient (Wildman–Crippen LogP) is 3.21. The summed E-state index contributed by atoms with van der Waals surface area (Å²) in [5, 5.41) is 2.68. The number of carbonyl (C=O) groups is 1. The van der Waals surface area contributed by atoms with Crippen molar-refractivity contribution in [1.29, 1.82) is 0 Å². The lowest BCUT2D eigenvalue weighted by atomic mass is 10.3. The van der Waals surface area contributed by atoms with Crippen LogP contribution in [0.2, 0.25) is 0 Å². The molecule has 0 aliphatic carbocycles. The Labute approximate surface area is 125 Å². The molecule has 0 bridgehead atoms. The van der Waals surface area contributed by atoms with Gasteiger partial charge in [0.1, 0.15) is 18.1 Å². The summed E-state index contributed by atoms with van der Waals surface area (Å²) in [6.45, 7) is 2.75. The summed E-state index contributed by atoms with van der Waals surface area (Å²) in [5.74, 6) is 1.50. The Morgan fingerprint density at radius 2 is 2.00 bits per heavy atom. The first-order valence-electron chi connectivity index (χ1n) is 5.94. The zero-order valence-corrected chi connectivity index (χ0v) is 12.6. The summed E-state index contributed by atoms with van der Waals surface area (Å²) in [6, 6.07) is 11.1. The Morgan fingerprint density at radius 3 is 2.68 bits per heavy atom. The zero-order valence-electron chi connectivity index (χ0n) is 10.5. The molecule has 0 aliphatic heterocycles. The first-order chi connectivity index (χ1) is 9.19. The van der Waals surface area contributed by atoms with Crippen LogP contribution in [0, 0.1) is 3.57 Å². The van der Waals surface area contributed by atoms with E-state index in [1.165, 1.54) is 0 Å². The minimum absolute atomic E-state index is 0.206. The molecule has 100 valence electrons. The number of carbonyl (C=O) groups excluding carboxylic acids is 1. The van der Waals surface area contributed by atoms with Crippen molar-refractivity contribution in [2.75, 3.05) is 6.54 Å². The molecule has 1 heterocycles. The van der Waals surface area contributed by atoms with Crippen LogP contribution in [-0.4, -0.2) is 12.5 Å². The molecule has 2 aromatic rings. The van der Waals surface area contributed by atoms with E-state index >= 15 is 0 Å². The van der Waals surface area contributed by atoms with Crippen LogP contribution in [0.4, 0.5) is 0 Å². The van der Waals surface area contributed by atoms with Crippen molar-refractivity contribution in [3.63, 3.8) is 0 Å². The number of hydrogen-bond donors (Lipinski definition) is 1. The van der Waals surface area contributed by atoms with Gasteiger partial charge in [0.2, 0.25) is 0 Å². The van der Waals surface area contributed by atoms with Gasteiger partial charge in [-0.25, -0.2) is 0 Å². The van der Waals surface area contributed by atoms with Crippen LogP contribution in [0.25, 0.3) is 0 Å². The predicted molar refractivity (Wildman–Crippen MR) is 80.2 cm³/mol. The third-order valence-corrected chi connectivity index (χ3v) is 3.14. The molecule has 19 heavy (non-hydrogen) atoms. The van der Waals surface area contributed by atoms with Crippen LogP contribution >= 0.6 is 22.6 Å². The van der Waals surface area contributed by atoms with Gasteiger partial charge in [0.05, 0.1) is 0 Å². The number of amides is 1. The standard InChI is InChI=1S/C14H14INO3/c1-2-16-14(17)13-8-7-12(19-13)9-18-11-5-3-10(15)4-6-11/h3-8H,2,9H2,1H3,(H,16,17). The van der Waals surface area contributed by atoms with Crippen LogP contribution in [0.3, 0.4) is 0 Å². The van der Waals surface area contributed by atoms with Gasteiger partial charge in [-0.3, -0.25) is 4.79 Å². The van der Waals surface area contributed by atoms with E-state index in [0.717, 1.165) is 9.32 Å². The summed E-state index contributed by atoms with van der Waals surface area (Å²) in [5.41, 5.74) is 0. The molecular weight excluding hydrogens is 357 g/mol. The van der Waals surface area contributed by atoms with E-state index in [1.807, 2.05) is 31.2 Å². The average molecular weight is 371 g/mol. The highest BCUT2D eigenvalue weighted by Gasteiger charge is 2.10. The number of furan rings is 1. The molecule has 5 heteroatoms. The van der Waals surface area contributed by atoms with E-state index in [9.17, 15) is 4.79 Å². The molecule has 4 nitrogen and oxygen atoms in total. The molecule has 0 spiro atoms. The lowest BCUT2D eigenvalue weighted by Crippen LogP contribution is -2.21. The maximum Gasteiger partial charge on any atom is 0.286 e. The molecule has 1 N–H and O–H groups in total. The first-order valence-corrected chi connectivity index (χ1v) is 7.02. The van der Waals surface area contributed by atoms with Gasteiger partial charge in [-0.05, 0) is 65.9 Å². The number of benzene rings is 1. The maximum atomic E-state index is 11.5. The van der Waals surface area contributed by atoms with E-state index in [4.69, 9.17) is 9.15 Å². The van der Waals surface area contributed by atoms with E-state index < -0.39 is 0 Å². The molecule has 0 atom stereocenters. The zero-order chi connectivity index (χ0) is 13.7. The van der Waals surface area contributed by atoms with Crippen molar-refractivity contribution in [3.8, 4) is 5.75 Å². The second-order valence-corrected chi connectivity index (χ2v) is 5.11. The number of hydrogen-bond acceptors (Lipinski definition) is 3. The van der Waals surface area contributed by atoms with Gasteiger partial charge < -0.3 is 14.5 Å². The first kappa shape index (κ1) is 13.9. The van der Waals surface area contributed by atoms with Crippen molar-refractivity contribution < 1.29 is 13.9 Å². The summed E-state index contributed by atoms with van der Waals surface area (Å²) < 4.78 is 12.1. The summed E-state index contributed by atoms with van der Waals surface area (Å²) >= 11 is 2.24. The van der Waals surface area contributed by atoms with Crippen molar-refractivity contribution >= 4 is 28.5 Å². The molecule has 1 amide bonds. The van der Waals surface area contributed by atoms with Crippen LogP contribution < -0.4 is 10.1 Å². The molecule has 0 saturated carbocycles. The quantitative estimate of drug-likeness (QED) is 0.822. The SMILES string of the molecule is CCNC(=O)c1ccc(COc2ccc(I)cc2)o1. The Hall–Kier alpha value is -1.50. The molecule has 0 saturated heterocycles. The van der Waals surface area contributed by atoms with E-state index in [1.54, 1.807) is 12.1 Å². The van der Waals surface area contributed by atoms with Crippen LogP contribution in [-0.2, 0) is 6.61 Å². The van der Waals surface area contributed by atoms with Gasteiger partial charge in [0.15, 0.2) is 5.76 Å². The topological polar surface area (TPSA) is 51.5 Å². The van der Waals surface area contributed by atoms with Crippen molar-refractivity contribution in [2.45, 2.75) is 13.5 Å². The van der Waals surface area contributed by atoms with Crippen LogP contribution in [0.15, 0.2) is 40.8 Å². The summed E-state index contributed by atoms with van der Waals surface area (Å²) in [4.78, 5) is 11.5. The molecule has 0 radical (unpaired) electrons. The monoisotopic (exact) mass is 371 g/mol. The molecular formula is C14H14INO3. The van der Waals surface area contributed by atoms with Crippen LogP contribution in [0.5, 0.6) is 5.75 Å². The molecule has 0 fully saturated rings. The van der Waals surface area contributed by atoms with Gasteiger partial charge in [-0.15, -0.1) is 0 Å². The number of rotatable bonds is 5. The molecule has 0 unspecified atom stereocenters. The minimum atomic E-state index is -0.206. The van der Waals surface area contributed by atoms with Crippen molar-refractivity contribution in [3.05, 3.63) is 51.5 Å². The fourth-order valence-electron chi connectivity index (χ4n) is 1.51. The summed E-state index contributed by atoms with van der Waals surface area (Å²) in [6.07, 6.45) is 0. The highest BCUT2D eigenvalue weighted by molar-refractivity contribution is 14.1. The van der Waals surface area contributed by atoms with Crippen molar-refractivity contribution in [1.82, 2.24) is 5.32 Å². The lowest BCUT2D eigenvalue weighted by Gasteiger charge is -2.04. The normalized spacial score (nSPS) is 10.2. The van der Waals surface area contributed by atoms with Gasteiger partial charge in [0.25, 0.3) is 5.91 Å². The largest absolute Gasteiger partial charge is 0.486 e. The highest BCUT2D eigenvalue weighted by atomic mass is 127. The van der Waals surface area contributed by atoms with Crippen LogP contribution in [0.1, 0.15) is 23.2 Å². The van der Waals surface area contributed by atoms with E-state index in [-0.39, 0.29) is 5.91 Å². The second-order valence-electron chi connectivity index (χ2n) is 3.87. The number of ether oxygens (including phenoxy) is 1. The third kappa shape index (κ3) is 3.99. The fourth-order valence-corrected chi connectivity index (χ4v) is 1.87. The van der Waals surface area contributed by atoms with Gasteiger partial charge >= 0.3 is 0 Å². The molecule has 2 rings (SSSR count). The Morgan fingerprint density at radius 1 is 1.26 bits per heavy atom. The summed E-state index contributed by atoms with van der Waals surface area (Å²) in [7, 11) is 0. The Kier molecular flexibility index (Phi) is 4.84. The Bertz CT molecular complexity index is 548. The number of halogens is 1. The average Bonchev–Trinajstić information content (AvgIpc) is 2.87. The number of nitrogens with one attached hydrogen (secondary N) is 1. The lowest BCUT2D eigenvalue weighted by molar-refractivity contribution is 0.0924. The molecule has 0 aliphatic rings.